The second-order valence-corrected chi connectivity index (χ2v) is 9.19. The summed E-state index contributed by atoms with van der Waals surface area (Å²) in [6, 6.07) is 13.9. The zero-order valence-electron chi connectivity index (χ0n) is 15.5. The van der Waals surface area contributed by atoms with Crippen LogP contribution in [-0.2, 0) is 16.4 Å². The van der Waals surface area contributed by atoms with Crippen molar-refractivity contribution in [3.63, 3.8) is 0 Å². The molecule has 0 amide bonds. The molecule has 0 N–H and O–H groups in total. The Kier molecular flexibility index (Phi) is 5.94. The van der Waals surface area contributed by atoms with Gasteiger partial charge in [-0.25, -0.2) is 13.4 Å². The number of rotatable bonds is 6. The van der Waals surface area contributed by atoms with Gasteiger partial charge in [0.2, 0.25) is 0 Å². The topological polar surface area (TPSA) is 53.5 Å². The van der Waals surface area contributed by atoms with Crippen molar-refractivity contribution >= 4 is 15.7 Å². The number of nitrogens with zero attached hydrogens (tertiary/aromatic N) is 3. The molecule has 5 nitrogen and oxygen atoms in total. The summed E-state index contributed by atoms with van der Waals surface area (Å²) < 4.78 is 24.0. The van der Waals surface area contributed by atoms with E-state index in [-0.39, 0.29) is 0 Å². The molecule has 2 heterocycles. The minimum atomic E-state index is -3.26. The lowest BCUT2D eigenvalue weighted by atomic mass is 9.96. The van der Waals surface area contributed by atoms with Crippen LogP contribution in [0, 0.1) is 5.92 Å². The highest BCUT2D eigenvalue weighted by atomic mass is 32.2. The fraction of sp³-hybridized carbons (Fsp3) is 0.450. The normalized spacial score (nSPS) is 16.2. The predicted octanol–water partition coefficient (Wildman–Crippen LogP) is 2.83. The van der Waals surface area contributed by atoms with Crippen LogP contribution >= 0.6 is 0 Å². The van der Waals surface area contributed by atoms with Gasteiger partial charge in [-0.2, -0.15) is 0 Å². The van der Waals surface area contributed by atoms with E-state index in [0.29, 0.717) is 16.6 Å². The molecule has 2 aromatic rings. The molecule has 1 saturated heterocycles. The first-order chi connectivity index (χ1) is 12.4. The zero-order valence-corrected chi connectivity index (χ0v) is 16.3. The minimum Gasteiger partial charge on any atom is -0.356 e. The summed E-state index contributed by atoms with van der Waals surface area (Å²) in [5.74, 6) is 1.23. The molecule has 0 spiro atoms. The van der Waals surface area contributed by atoms with Crippen molar-refractivity contribution in [2.24, 2.45) is 5.92 Å². The molecule has 0 atom stereocenters. The standard InChI is InChI=1S/C20H27N3O2S/c1-22(15-17-7-4-3-5-8-17)16-18-10-13-23(14-11-18)20-19(26(2,24)25)9-6-12-21-20/h3-9,12,18H,10-11,13-16H2,1-2H3. The van der Waals surface area contributed by atoms with Crippen molar-refractivity contribution in [3.8, 4) is 0 Å². The molecule has 1 fully saturated rings. The van der Waals surface area contributed by atoms with Crippen LogP contribution in [0.3, 0.4) is 0 Å². The van der Waals surface area contributed by atoms with E-state index in [9.17, 15) is 8.42 Å². The number of piperidine rings is 1. The molecule has 0 aliphatic carbocycles. The van der Waals surface area contributed by atoms with Crippen molar-refractivity contribution in [2.45, 2.75) is 24.3 Å². The van der Waals surface area contributed by atoms with Gasteiger partial charge < -0.3 is 9.80 Å². The third kappa shape index (κ3) is 4.83. The molecule has 0 radical (unpaired) electrons. The Bertz CT molecular complexity index is 816. The van der Waals surface area contributed by atoms with E-state index in [0.717, 1.165) is 39.0 Å². The average Bonchev–Trinajstić information content (AvgIpc) is 2.62. The Morgan fingerprint density at radius 1 is 1.12 bits per heavy atom. The monoisotopic (exact) mass is 373 g/mol. The Morgan fingerprint density at radius 2 is 1.81 bits per heavy atom. The van der Waals surface area contributed by atoms with Gasteiger partial charge >= 0.3 is 0 Å². The maximum atomic E-state index is 12.0. The van der Waals surface area contributed by atoms with Crippen LogP contribution in [0.1, 0.15) is 18.4 Å². The number of hydrogen-bond acceptors (Lipinski definition) is 5. The number of sulfone groups is 1. The van der Waals surface area contributed by atoms with Crippen LogP contribution in [0.15, 0.2) is 53.6 Å². The van der Waals surface area contributed by atoms with E-state index in [1.807, 2.05) is 6.07 Å². The molecule has 1 aromatic heterocycles. The Labute approximate surface area is 156 Å². The van der Waals surface area contributed by atoms with Crippen LogP contribution in [-0.4, -0.2) is 51.2 Å². The van der Waals surface area contributed by atoms with Crippen molar-refractivity contribution in [1.82, 2.24) is 9.88 Å². The van der Waals surface area contributed by atoms with Crippen molar-refractivity contribution in [2.75, 3.05) is 37.8 Å². The molecule has 1 aliphatic rings. The third-order valence-corrected chi connectivity index (χ3v) is 6.05. The van der Waals surface area contributed by atoms with Crippen LogP contribution in [0.4, 0.5) is 5.82 Å². The van der Waals surface area contributed by atoms with E-state index in [1.165, 1.54) is 11.8 Å². The molecule has 140 valence electrons. The lowest BCUT2D eigenvalue weighted by Crippen LogP contribution is -2.38. The van der Waals surface area contributed by atoms with E-state index in [2.05, 4.69) is 46.1 Å². The summed E-state index contributed by atoms with van der Waals surface area (Å²) in [7, 11) is -1.10. The molecule has 0 saturated carbocycles. The maximum absolute atomic E-state index is 12.0. The number of hydrogen-bond donors (Lipinski definition) is 0. The van der Waals surface area contributed by atoms with Gasteiger partial charge in [-0.15, -0.1) is 0 Å². The highest BCUT2D eigenvalue weighted by Crippen LogP contribution is 2.27. The summed E-state index contributed by atoms with van der Waals surface area (Å²) in [6.45, 7) is 3.72. The third-order valence-electron chi connectivity index (χ3n) is 4.93. The minimum absolute atomic E-state index is 0.333. The van der Waals surface area contributed by atoms with Crippen molar-refractivity contribution in [1.29, 1.82) is 0 Å². The lowest BCUT2D eigenvalue weighted by Gasteiger charge is -2.35. The SMILES string of the molecule is CN(Cc1ccccc1)CC1CCN(c2ncccc2S(C)(=O)=O)CC1. The van der Waals surface area contributed by atoms with Gasteiger partial charge in [-0.3, -0.25) is 0 Å². The highest BCUT2D eigenvalue weighted by Gasteiger charge is 2.25. The van der Waals surface area contributed by atoms with Gasteiger partial charge in [0.25, 0.3) is 0 Å². The molecular weight excluding hydrogens is 346 g/mol. The van der Waals surface area contributed by atoms with Crippen molar-refractivity contribution < 1.29 is 8.42 Å². The van der Waals surface area contributed by atoms with E-state index < -0.39 is 9.84 Å². The quantitative estimate of drug-likeness (QED) is 0.779. The van der Waals surface area contributed by atoms with Crippen LogP contribution in [0.25, 0.3) is 0 Å². The molecule has 3 rings (SSSR count). The summed E-state index contributed by atoms with van der Waals surface area (Å²) in [4.78, 5) is 9.17. The van der Waals surface area contributed by atoms with E-state index in [4.69, 9.17) is 0 Å². The second-order valence-electron chi connectivity index (χ2n) is 7.21. The van der Waals surface area contributed by atoms with Gasteiger partial charge in [0, 0.05) is 38.6 Å². The lowest BCUT2D eigenvalue weighted by molar-refractivity contribution is 0.242. The highest BCUT2D eigenvalue weighted by molar-refractivity contribution is 7.90. The summed E-state index contributed by atoms with van der Waals surface area (Å²) >= 11 is 0. The number of anilines is 1. The molecule has 0 unspecified atom stereocenters. The summed E-state index contributed by atoms with van der Waals surface area (Å²) in [5, 5.41) is 0. The Morgan fingerprint density at radius 3 is 2.46 bits per heavy atom. The fourth-order valence-corrected chi connectivity index (χ4v) is 4.48. The Hall–Kier alpha value is -1.92. The van der Waals surface area contributed by atoms with E-state index in [1.54, 1.807) is 18.3 Å². The summed E-state index contributed by atoms with van der Waals surface area (Å²) in [6.07, 6.45) is 5.03. The molecule has 1 aliphatic heterocycles. The van der Waals surface area contributed by atoms with Crippen LogP contribution in [0.2, 0.25) is 0 Å². The van der Waals surface area contributed by atoms with Crippen molar-refractivity contribution in [3.05, 3.63) is 54.2 Å². The molecular formula is C20H27N3O2S. The predicted molar refractivity (Wildman–Crippen MR) is 105 cm³/mol. The van der Waals surface area contributed by atoms with Gasteiger partial charge in [0.1, 0.15) is 10.7 Å². The average molecular weight is 374 g/mol. The smallest absolute Gasteiger partial charge is 0.179 e. The fourth-order valence-electron chi connectivity index (χ4n) is 3.64. The molecule has 1 aromatic carbocycles. The van der Waals surface area contributed by atoms with Gasteiger partial charge in [-0.05, 0) is 43.5 Å². The zero-order chi connectivity index (χ0) is 18.6. The summed E-state index contributed by atoms with van der Waals surface area (Å²) in [5.41, 5.74) is 1.33. The van der Waals surface area contributed by atoms with Crippen LogP contribution < -0.4 is 4.90 Å². The van der Waals surface area contributed by atoms with E-state index >= 15 is 0 Å². The number of aromatic nitrogens is 1. The van der Waals surface area contributed by atoms with Gasteiger partial charge in [-0.1, -0.05) is 30.3 Å². The first-order valence-corrected chi connectivity index (χ1v) is 10.9. The number of pyridine rings is 1. The maximum Gasteiger partial charge on any atom is 0.179 e. The first kappa shape index (κ1) is 18.9. The first-order valence-electron chi connectivity index (χ1n) is 9.06. The van der Waals surface area contributed by atoms with Crippen LogP contribution in [0.5, 0.6) is 0 Å². The largest absolute Gasteiger partial charge is 0.356 e. The van der Waals surface area contributed by atoms with Gasteiger partial charge in [0.15, 0.2) is 9.84 Å². The number of benzene rings is 1. The molecule has 0 bridgehead atoms. The molecule has 26 heavy (non-hydrogen) atoms. The molecule has 6 heteroatoms. The second kappa shape index (κ2) is 8.18. The van der Waals surface area contributed by atoms with Gasteiger partial charge in [0.05, 0.1) is 0 Å². The Balaban J connectivity index is 1.57.